The number of aromatic nitrogens is 4. The number of hydrogen-bond acceptors (Lipinski definition) is 4. The van der Waals surface area contributed by atoms with Crippen LogP contribution in [-0.4, -0.2) is 26.1 Å². The van der Waals surface area contributed by atoms with Crippen LogP contribution in [0.25, 0.3) is 0 Å². The van der Waals surface area contributed by atoms with Gasteiger partial charge in [0.25, 0.3) is 11.9 Å². The Kier molecular flexibility index (Phi) is 3.57. The minimum absolute atomic E-state index is 0.160. The second-order valence-electron chi connectivity index (χ2n) is 3.18. The van der Waals surface area contributed by atoms with E-state index in [1.807, 2.05) is 0 Å². The summed E-state index contributed by atoms with van der Waals surface area (Å²) in [4.78, 5) is 13.2. The van der Waals surface area contributed by atoms with Crippen molar-refractivity contribution in [3.8, 4) is 0 Å². The fourth-order valence-corrected chi connectivity index (χ4v) is 1.93. The molecule has 0 spiro atoms. The molecule has 2 aromatic rings. The summed E-state index contributed by atoms with van der Waals surface area (Å²) in [5.74, 6) is -0.154. The molecule has 0 aliphatic heterocycles. The summed E-state index contributed by atoms with van der Waals surface area (Å²) in [7, 11) is 1.62. The summed E-state index contributed by atoms with van der Waals surface area (Å²) in [6.07, 6.45) is 0. The van der Waals surface area contributed by atoms with Gasteiger partial charge in [-0.3, -0.25) is 10.1 Å². The van der Waals surface area contributed by atoms with Crippen LogP contribution in [0.1, 0.15) is 10.4 Å². The second kappa shape index (κ2) is 4.96. The van der Waals surface area contributed by atoms with Crippen molar-refractivity contribution in [3.05, 3.63) is 32.4 Å². The highest BCUT2D eigenvalue weighted by Crippen LogP contribution is 2.18. The zero-order valence-corrected chi connectivity index (χ0v) is 11.6. The number of amides is 1. The molecule has 0 aliphatic carbocycles. The molecule has 1 heterocycles. The third kappa shape index (κ3) is 2.91. The van der Waals surface area contributed by atoms with E-state index in [0.717, 1.165) is 3.57 Å². The van der Waals surface area contributed by atoms with Gasteiger partial charge < -0.3 is 0 Å². The highest BCUT2D eigenvalue weighted by molar-refractivity contribution is 14.1. The van der Waals surface area contributed by atoms with Gasteiger partial charge in [-0.1, -0.05) is 16.7 Å². The van der Waals surface area contributed by atoms with Crippen molar-refractivity contribution >= 4 is 46.0 Å². The number of aryl methyl sites for hydroxylation is 1. The van der Waals surface area contributed by atoms with Gasteiger partial charge in [-0.15, -0.1) is 5.10 Å². The van der Waals surface area contributed by atoms with Crippen LogP contribution >= 0.6 is 34.2 Å². The van der Waals surface area contributed by atoms with E-state index in [-0.39, 0.29) is 11.9 Å². The predicted molar refractivity (Wildman–Crippen MR) is 70.9 cm³/mol. The number of halogens is 2. The van der Waals surface area contributed by atoms with E-state index >= 15 is 0 Å². The molecule has 1 aromatic heterocycles. The summed E-state index contributed by atoms with van der Waals surface area (Å²) in [6.45, 7) is 0. The maximum atomic E-state index is 11.9. The lowest BCUT2D eigenvalue weighted by atomic mass is 10.2. The molecule has 0 saturated carbocycles. The maximum absolute atomic E-state index is 11.9. The number of tetrazole rings is 1. The van der Waals surface area contributed by atoms with E-state index in [4.69, 9.17) is 11.6 Å². The van der Waals surface area contributed by atoms with Crippen LogP contribution in [0.15, 0.2) is 18.2 Å². The van der Waals surface area contributed by atoms with Crippen molar-refractivity contribution in [2.45, 2.75) is 0 Å². The molecule has 0 radical (unpaired) electrons. The lowest BCUT2D eigenvalue weighted by Gasteiger charge is -2.03. The minimum atomic E-state index is -0.315. The SMILES string of the molecule is Cn1nnc(NC(=O)c2cc(Cl)ccc2I)n1. The Labute approximate surface area is 115 Å². The normalized spacial score (nSPS) is 10.3. The van der Waals surface area contributed by atoms with Gasteiger partial charge in [-0.05, 0) is 46.0 Å². The average Bonchev–Trinajstić information content (AvgIpc) is 2.67. The van der Waals surface area contributed by atoms with Crippen LogP contribution in [-0.2, 0) is 7.05 Å². The lowest BCUT2D eigenvalue weighted by molar-refractivity contribution is 0.102. The molecule has 0 saturated heterocycles. The molecule has 0 atom stereocenters. The number of hydrogen-bond donors (Lipinski definition) is 1. The molecule has 8 heteroatoms. The maximum Gasteiger partial charge on any atom is 0.270 e. The van der Waals surface area contributed by atoms with E-state index in [1.165, 1.54) is 4.80 Å². The molecule has 0 fully saturated rings. The molecule has 0 bridgehead atoms. The Balaban J connectivity index is 2.22. The quantitative estimate of drug-likeness (QED) is 0.825. The Morgan fingerprint density at radius 2 is 2.29 bits per heavy atom. The first-order valence-electron chi connectivity index (χ1n) is 4.56. The van der Waals surface area contributed by atoms with E-state index in [9.17, 15) is 4.79 Å². The smallest absolute Gasteiger partial charge is 0.270 e. The fraction of sp³-hybridized carbons (Fsp3) is 0.111. The molecule has 1 aromatic carbocycles. The Morgan fingerprint density at radius 3 is 2.94 bits per heavy atom. The third-order valence-corrected chi connectivity index (χ3v) is 3.08. The van der Waals surface area contributed by atoms with Crippen molar-refractivity contribution in [1.82, 2.24) is 20.2 Å². The molecule has 88 valence electrons. The molecule has 0 unspecified atom stereocenters. The highest BCUT2D eigenvalue weighted by Gasteiger charge is 2.13. The number of rotatable bonds is 2. The summed E-state index contributed by atoms with van der Waals surface area (Å²) in [5, 5.41) is 14.2. The Bertz CT molecular complexity index is 570. The minimum Gasteiger partial charge on any atom is -0.288 e. The van der Waals surface area contributed by atoms with Gasteiger partial charge in [0.15, 0.2) is 0 Å². The molecule has 17 heavy (non-hydrogen) atoms. The largest absolute Gasteiger partial charge is 0.288 e. The average molecular weight is 364 g/mol. The Hall–Kier alpha value is -1.22. The lowest BCUT2D eigenvalue weighted by Crippen LogP contribution is -2.14. The van der Waals surface area contributed by atoms with Crippen LogP contribution in [0, 0.1) is 3.57 Å². The standard InChI is InChI=1S/C9H7ClIN5O/c1-16-14-9(13-15-16)12-8(17)6-4-5(10)2-3-7(6)11/h2-4H,1H3,(H,12,14,17). The van der Waals surface area contributed by atoms with Crippen LogP contribution < -0.4 is 5.32 Å². The number of benzene rings is 1. The summed E-state index contributed by atoms with van der Waals surface area (Å²) >= 11 is 7.90. The fourth-order valence-electron chi connectivity index (χ4n) is 1.17. The van der Waals surface area contributed by atoms with Crippen LogP contribution in [0.2, 0.25) is 5.02 Å². The highest BCUT2D eigenvalue weighted by atomic mass is 127. The van der Waals surface area contributed by atoms with Gasteiger partial charge in [-0.2, -0.15) is 4.80 Å². The van der Waals surface area contributed by atoms with Gasteiger partial charge >= 0.3 is 0 Å². The van der Waals surface area contributed by atoms with Crippen molar-refractivity contribution in [2.75, 3.05) is 5.32 Å². The zero-order valence-electron chi connectivity index (χ0n) is 8.69. The zero-order chi connectivity index (χ0) is 12.4. The summed E-state index contributed by atoms with van der Waals surface area (Å²) < 4.78 is 0.799. The topological polar surface area (TPSA) is 72.7 Å². The molecular weight excluding hydrogens is 356 g/mol. The van der Waals surface area contributed by atoms with Gasteiger partial charge in [0, 0.05) is 8.59 Å². The molecule has 1 amide bonds. The monoisotopic (exact) mass is 363 g/mol. The molecule has 0 aliphatic rings. The molecular formula is C9H7ClIN5O. The first-order valence-corrected chi connectivity index (χ1v) is 6.02. The number of carbonyl (C=O) groups excluding carboxylic acids is 1. The number of carbonyl (C=O) groups is 1. The van der Waals surface area contributed by atoms with E-state index in [2.05, 4.69) is 43.3 Å². The predicted octanol–water partition coefficient (Wildman–Crippen LogP) is 1.72. The van der Waals surface area contributed by atoms with Crippen molar-refractivity contribution in [3.63, 3.8) is 0 Å². The van der Waals surface area contributed by atoms with E-state index in [0.29, 0.717) is 10.6 Å². The van der Waals surface area contributed by atoms with Crippen molar-refractivity contribution in [1.29, 1.82) is 0 Å². The van der Waals surface area contributed by atoms with Gasteiger partial charge in [0.05, 0.1) is 12.6 Å². The Morgan fingerprint density at radius 1 is 1.53 bits per heavy atom. The number of nitrogens with one attached hydrogen (secondary N) is 1. The second-order valence-corrected chi connectivity index (χ2v) is 4.78. The van der Waals surface area contributed by atoms with Crippen LogP contribution in [0.3, 0.4) is 0 Å². The first kappa shape index (κ1) is 12.2. The molecule has 2 rings (SSSR count). The van der Waals surface area contributed by atoms with Gasteiger partial charge in [-0.25, -0.2) is 0 Å². The van der Waals surface area contributed by atoms with E-state index < -0.39 is 0 Å². The van der Waals surface area contributed by atoms with Crippen molar-refractivity contribution in [2.24, 2.45) is 7.05 Å². The molecule has 6 nitrogen and oxygen atoms in total. The van der Waals surface area contributed by atoms with E-state index in [1.54, 1.807) is 25.2 Å². The van der Waals surface area contributed by atoms with Gasteiger partial charge in [0.2, 0.25) is 0 Å². The number of nitrogens with zero attached hydrogens (tertiary/aromatic N) is 4. The van der Waals surface area contributed by atoms with Crippen molar-refractivity contribution < 1.29 is 4.79 Å². The summed E-state index contributed by atoms with van der Waals surface area (Å²) in [6, 6.07) is 5.08. The van der Waals surface area contributed by atoms with Crippen LogP contribution in [0.4, 0.5) is 5.95 Å². The van der Waals surface area contributed by atoms with Crippen LogP contribution in [0.5, 0.6) is 0 Å². The first-order chi connectivity index (χ1) is 8.06. The summed E-state index contributed by atoms with van der Waals surface area (Å²) in [5.41, 5.74) is 0.477. The van der Waals surface area contributed by atoms with Gasteiger partial charge in [0.1, 0.15) is 0 Å². The molecule has 1 N–H and O–H groups in total. The number of anilines is 1. The third-order valence-electron chi connectivity index (χ3n) is 1.91.